The second-order valence-electron chi connectivity index (χ2n) is 4.80. The van der Waals surface area contributed by atoms with Gasteiger partial charge in [0.2, 0.25) is 0 Å². The van der Waals surface area contributed by atoms with Crippen molar-refractivity contribution < 1.29 is 14.5 Å². The van der Waals surface area contributed by atoms with Gasteiger partial charge in [-0.05, 0) is 36.8 Å². The molecule has 124 valence electrons. The van der Waals surface area contributed by atoms with Crippen molar-refractivity contribution in [1.82, 2.24) is 10.9 Å². The fraction of sp³-hybridized carbons (Fsp3) is 0.0667. The molecule has 2 rings (SSSR count). The van der Waals surface area contributed by atoms with Crippen molar-refractivity contribution in [1.29, 1.82) is 0 Å². The zero-order valence-corrected chi connectivity index (χ0v) is 14.6. The number of rotatable bonds is 3. The first-order chi connectivity index (χ1) is 11.3. The van der Waals surface area contributed by atoms with Gasteiger partial charge in [0.05, 0.1) is 4.92 Å². The molecule has 2 N–H and O–H groups in total. The summed E-state index contributed by atoms with van der Waals surface area (Å²) in [5.41, 5.74) is 5.35. The molecule has 0 aliphatic heterocycles. The summed E-state index contributed by atoms with van der Waals surface area (Å²) in [6.45, 7) is 1.88. The number of nitrogens with one attached hydrogen (secondary N) is 2. The van der Waals surface area contributed by atoms with E-state index in [1.807, 2.05) is 6.92 Å². The highest BCUT2D eigenvalue weighted by atomic mass is 79.9. The summed E-state index contributed by atoms with van der Waals surface area (Å²) >= 11 is 9.00. The van der Waals surface area contributed by atoms with Crippen molar-refractivity contribution in [2.75, 3.05) is 0 Å². The second kappa shape index (κ2) is 7.41. The summed E-state index contributed by atoms with van der Waals surface area (Å²) in [6, 6.07) is 8.57. The minimum Gasteiger partial charge on any atom is -0.267 e. The molecular formula is C15H11BrClN3O4. The van der Waals surface area contributed by atoms with E-state index in [-0.39, 0.29) is 10.6 Å². The lowest BCUT2D eigenvalue weighted by atomic mass is 10.1. The Hall–Kier alpha value is -2.45. The quantitative estimate of drug-likeness (QED) is 0.596. The molecule has 7 nitrogen and oxygen atoms in total. The highest BCUT2D eigenvalue weighted by Crippen LogP contribution is 2.25. The monoisotopic (exact) mass is 411 g/mol. The minimum atomic E-state index is -0.700. The van der Waals surface area contributed by atoms with Crippen molar-refractivity contribution in [2.24, 2.45) is 0 Å². The van der Waals surface area contributed by atoms with Gasteiger partial charge in [-0.1, -0.05) is 33.6 Å². The van der Waals surface area contributed by atoms with E-state index in [0.29, 0.717) is 5.56 Å². The minimum absolute atomic E-state index is 0.00325. The van der Waals surface area contributed by atoms with E-state index in [1.54, 1.807) is 18.2 Å². The van der Waals surface area contributed by atoms with Crippen LogP contribution in [0.4, 0.5) is 5.69 Å². The maximum atomic E-state index is 12.0. The Morgan fingerprint density at radius 1 is 1.08 bits per heavy atom. The molecule has 2 aromatic rings. The molecule has 0 saturated carbocycles. The van der Waals surface area contributed by atoms with E-state index in [1.165, 1.54) is 12.1 Å². The standard InChI is InChI=1S/C15H11BrClN3O4/c1-8-2-3-9(6-11(8)16)14(21)18-19-15(22)10-4-5-12(17)13(7-10)20(23)24/h2-7H,1H3,(H,18,21)(H,19,22). The van der Waals surface area contributed by atoms with Crippen LogP contribution >= 0.6 is 27.5 Å². The van der Waals surface area contributed by atoms with Gasteiger partial charge in [0.15, 0.2) is 0 Å². The summed E-state index contributed by atoms with van der Waals surface area (Å²) in [6.07, 6.45) is 0. The van der Waals surface area contributed by atoms with E-state index in [4.69, 9.17) is 11.6 Å². The van der Waals surface area contributed by atoms with Gasteiger partial charge in [-0.3, -0.25) is 30.6 Å². The topological polar surface area (TPSA) is 101 Å². The van der Waals surface area contributed by atoms with Crippen molar-refractivity contribution in [3.8, 4) is 0 Å². The lowest BCUT2D eigenvalue weighted by Gasteiger charge is -2.08. The van der Waals surface area contributed by atoms with E-state index in [9.17, 15) is 19.7 Å². The third-order valence-corrected chi connectivity index (χ3v) is 4.30. The van der Waals surface area contributed by atoms with Crippen LogP contribution in [-0.2, 0) is 0 Å². The molecule has 0 saturated heterocycles. The molecule has 9 heteroatoms. The fourth-order valence-electron chi connectivity index (χ4n) is 1.79. The van der Waals surface area contributed by atoms with Gasteiger partial charge in [-0.2, -0.15) is 0 Å². The molecule has 0 fully saturated rings. The Balaban J connectivity index is 2.07. The number of amides is 2. The largest absolute Gasteiger partial charge is 0.288 e. The molecule has 0 aliphatic carbocycles. The first kappa shape index (κ1) is 17.9. The van der Waals surface area contributed by atoms with Gasteiger partial charge in [-0.15, -0.1) is 0 Å². The predicted molar refractivity (Wildman–Crippen MR) is 91.9 cm³/mol. The average molecular weight is 413 g/mol. The Bertz CT molecular complexity index is 841. The van der Waals surface area contributed by atoms with Crippen LogP contribution in [-0.4, -0.2) is 16.7 Å². The number of carbonyl (C=O) groups is 2. The van der Waals surface area contributed by atoms with Crippen LogP contribution in [0.3, 0.4) is 0 Å². The van der Waals surface area contributed by atoms with Crippen LogP contribution in [0.15, 0.2) is 40.9 Å². The smallest absolute Gasteiger partial charge is 0.267 e. The summed E-state index contributed by atoms with van der Waals surface area (Å²) in [5, 5.41) is 10.7. The van der Waals surface area contributed by atoms with Crippen molar-refractivity contribution in [3.63, 3.8) is 0 Å². The molecule has 2 amide bonds. The van der Waals surface area contributed by atoms with Crippen molar-refractivity contribution >= 4 is 45.0 Å². The number of nitro benzene ring substituents is 1. The van der Waals surface area contributed by atoms with Crippen LogP contribution in [0.5, 0.6) is 0 Å². The van der Waals surface area contributed by atoms with Crippen LogP contribution in [0.2, 0.25) is 5.02 Å². The summed E-state index contributed by atoms with van der Waals surface area (Å²) in [4.78, 5) is 34.1. The Morgan fingerprint density at radius 3 is 2.17 bits per heavy atom. The number of nitrogens with zero attached hydrogens (tertiary/aromatic N) is 1. The predicted octanol–water partition coefficient (Wildman–Crippen LogP) is 3.39. The fourth-order valence-corrected chi connectivity index (χ4v) is 2.35. The van der Waals surface area contributed by atoms with Gasteiger partial charge in [-0.25, -0.2) is 0 Å². The molecule has 0 aliphatic rings. The zero-order valence-electron chi connectivity index (χ0n) is 12.3. The lowest BCUT2D eigenvalue weighted by molar-refractivity contribution is -0.384. The van der Waals surface area contributed by atoms with Crippen molar-refractivity contribution in [2.45, 2.75) is 6.92 Å². The molecule has 0 unspecified atom stereocenters. The number of hydrogen-bond donors (Lipinski definition) is 2. The van der Waals surface area contributed by atoms with E-state index in [2.05, 4.69) is 26.8 Å². The number of hydrogen-bond acceptors (Lipinski definition) is 4. The maximum Gasteiger partial charge on any atom is 0.288 e. The van der Waals surface area contributed by atoms with Gasteiger partial charge < -0.3 is 0 Å². The number of aryl methyl sites for hydroxylation is 1. The second-order valence-corrected chi connectivity index (χ2v) is 6.06. The number of nitro groups is 1. The first-order valence-corrected chi connectivity index (χ1v) is 7.77. The molecule has 0 radical (unpaired) electrons. The van der Waals surface area contributed by atoms with E-state index in [0.717, 1.165) is 16.1 Å². The number of benzene rings is 2. The Labute approximate surface area is 150 Å². The molecule has 0 atom stereocenters. The molecule has 0 spiro atoms. The van der Waals surface area contributed by atoms with Gasteiger partial charge >= 0.3 is 0 Å². The normalized spacial score (nSPS) is 10.1. The summed E-state index contributed by atoms with van der Waals surface area (Å²) < 4.78 is 0.759. The number of carbonyl (C=O) groups excluding carboxylic acids is 2. The molecule has 0 aromatic heterocycles. The SMILES string of the molecule is Cc1ccc(C(=O)NNC(=O)c2ccc(Cl)c([N+](=O)[O-])c2)cc1Br. The van der Waals surface area contributed by atoms with Gasteiger partial charge in [0.1, 0.15) is 5.02 Å². The number of hydrazine groups is 1. The van der Waals surface area contributed by atoms with Crippen LogP contribution in [0.1, 0.15) is 26.3 Å². The average Bonchev–Trinajstić information content (AvgIpc) is 2.55. The van der Waals surface area contributed by atoms with Crippen molar-refractivity contribution in [3.05, 3.63) is 72.7 Å². The highest BCUT2D eigenvalue weighted by Gasteiger charge is 2.17. The van der Waals surface area contributed by atoms with E-state index < -0.39 is 22.4 Å². The van der Waals surface area contributed by atoms with Crippen LogP contribution < -0.4 is 10.9 Å². The lowest BCUT2D eigenvalue weighted by Crippen LogP contribution is -2.41. The number of halogens is 2. The molecule has 0 heterocycles. The third kappa shape index (κ3) is 4.09. The molecular weight excluding hydrogens is 402 g/mol. The first-order valence-electron chi connectivity index (χ1n) is 6.60. The molecule has 0 bridgehead atoms. The Morgan fingerprint density at radius 2 is 1.62 bits per heavy atom. The summed E-state index contributed by atoms with van der Waals surface area (Å²) in [5.74, 6) is -1.22. The maximum absolute atomic E-state index is 12.0. The third-order valence-electron chi connectivity index (χ3n) is 3.13. The van der Waals surface area contributed by atoms with Gasteiger partial charge in [0, 0.05) is 21.7 Å². The highest BCUT2D eigenvalue weighted by molar-refractivity contribution is 9.10. The molecule has 2 aromatic carbocycles. The Kier molecular flexibility index (Phi) is 5.53. The summed E-state index contributed by atoms with van der Waals surface area (Å²) in [7, 11) is 0. The molecule has 24 heavy (non-hydrogen) atoms. The van der Waals surface area contributed by atoms with E-state index >= 15 is 0 Å². The van der Waals surface area contributed by atoms with Gasteiger partial charge in [0.25, 0.3) is 17.5 Å². The van der Waals surface area contributed by atoms with Crippen LogP contribution in [0.25, 0.3) is 0 Å². The van der Waals surface area contributed by atoms with Crippen LogP contribution in [0, 0.1) is 17.0 Å². The zero-order chi connectivity index (χ0) is 17.9.